The molecule has 1 heterocycles. The lowest BCUT2D eigenvalue weighted by Crippen LogP contribution is -2.31. The summed E-state index contributed by atoms with van der Waals surface area (Å²) in [5, 5.41) is 2.37. The molecule has 1 atom stereocenters. The molecule has 1 saturated heterocycles. The minimum atomic E-state index is -4.51. The Morgan fingerprint density at radius 2 is 1.74 bits per heavy atom. The van der Waals surface area contributed by atoms with Crippen molar-refractivity contribution >= 4 is 40.1 Å². The van der Waals surface area contributed by atoms with Crippen LogP contribution in [0.15, 0.2) is 77.8 Å². The summed E-state index contributed by atoms with van der Waals surface area (Å²) in [7, 11) is 3.07. The highest BCUT2D eigenvalue weighted by Crippen LogP contribution is 2.33. The van der Waals surface area contributed by atoms with E-state index in [1.807, 2.05) is 12.1 Å². The Hall–Kier alpha value is -3.99. The van der Waals surface area contributed by atoms with Crippen LogP contribution in [0.25, 0.3) is 0 Å². The molecule has 11 heteroatoms. The Morgan fingerprint density at radius 3 is 2.44 bits per heavy atom. The zero-order valence-electron chi connectivity index (χ0n) is 21.2. The minimum absolute atomic E-state index is 0.0582. The monoisotopic (exact) mass is 557 g/mol. The predicted molar refractivity (Wildman–Crippen MR) is 146 cm³/mol. The second kappa shape index (κ2) is 12.2. The maximum Gasteiger partial charge on any atom is 0.416 e. The number of benzene rings is 3. The molecule has 204 valence electrons. The number of ether oxygens (including phenoxy) is 2. The number of amidine groups is 1. The van der Waals surface area contributed by atoms with E-state index in [0.29, 0.717) is 23.6 Å². The topological polar surface area (TPSA) is 80.2 Å². The molecule has 3 aromatic carbocycles. The average molecular weight is 558 g/mol. The minimum Gasteiger partial charge on any atom is -0.493 e. The van der Waals surface area contributed by atoms with Gasteiger partial charge in [-0.1, -0.05) is 42.1 Å². The molecule has 0 bridgehead atoms. The number of aliphatic imine (C=N–C) groups is 1. The van der Waals surface area contributed by atoms with Crippen LogP contribution >= 0.6 is 11.8 Å². The van der Waals surface area contributed by atoms with Crippen molar-refractivity contribution in [2.45, 2.75) is 24.3 Å². The number of anilines is 2. The molecule has 4 rings (SSSR count). The van der Waals surface area contributed by atoms with Crippen molar-refractivity contribution in [3.8, 4) is 11.5 Å². The molecule has 39 heavy (non-hydrogen) atoms. The SMILES string of the molecule is COc1ccc(CCN=C(Nc2cccc(C(F)(F)F)c2)S[C@H]2CC(=O)N(c3ccccc3)C2=O)cc1OC. The average Bonchev–Trinajstić information content (AvgIpc) is 3.20. The quantitative estimate of drug-likeness (QED) is 0.214. The maximum atomic E-state index is 13.3. The van der Waals surface area contributed by atoms with Crippen LogP contribution in [0.2, 0.25) is 0 Å². The van der Waals surface area contributed by atoms with Crippen molar-refractivity contribution in [3.63, 3.8) is 0 Å². The van der Waals surface area contributed by atoms with E-state index >= 15 is 0 Å². The molecule has 3 aromatic rings. The fraction of sp³-hybridized carbons (Fsp3) is 0.250. The Kier molecular flexibility index (Phi) is 8.80. The molecule has 1 N–H and O–H groups in total. The first-order chi connectivity index (χ1) is 18.7. The van der Waals surface area contributed by atoms with Gasteiger partial charge < -0.3 is 14.8 Å². The van der Waals surface area contributed by atoms with Crippen LogP contribution in [-0.4, -0.2) is 43.0 Å². The van der Waals surface area contributed by atoms with Gasteiger partial charge in [0.1, 0.15) is 5.25 Å². The Labute approximate surface area is 228 Å². The van der Waals surface area contributed by atoms with Crippen LogP contribution in [0.3, 0.4) is 0 Å². The van der Waals surface area contributed by atoms with E-state index in [1.54, 1.807) is 43.5 Å². The van der Waals surface area contributed by atoms with Crippen LogP contribution in [-0.2, 0) is 22.2 Å². The third-order valence-corrected chi connectivity index (χ3v) is 7.03. The number of nitrogens with one attached hydrogen (secondary N) is 1. The highest BCUT2D eigenvalue weighted by Gasteiger charge is 2.41. The number of carbonyl (C=O) groups is 2. The summed E-state index contributed by atoms with van der Waals surface area (Å²) >= 11 is 1.02. The molecule has 0 radical (unpaired) electrons. The van der Waals surface area contributed by atoms with E-state index < -0.39 is 22.9 Å². The number of hydrogen-bond donors (Lipinski definition) is 1. The van der Waals surface area contributed by atoms with Crippen LogP contribution in [0.5, 0.6) is 11.5 Å². The van der Waals surface area contributed by atoms with Crippen molar-refractivity contribution in [2.75, 3.05) is 31.0 Å². The molecule has 0 spiro atoms. The highest BCUT2D eigenvalue weighted by atomic mass is 32.2. The third-order valence-electron chi connectivity index (χ3n) is 5.92. The number of carbonyl (C=O) groups excluding carboxylic acids is 2. The third kappa shape index (κ3) is 6.91. The molecule has 1 fully saturated rings. The summed E-state index contributed by atoms with van der Waals surface area (Å²) in [6, 6.07) is 18.8. The zero-order chi connectivity index (χ0) is 28.0. The molecule has 0 aromatic heterocycles. The summed E-state index contributed by atoms with van der Waals surface area (Å²) in [6.45, 7) is 0.265. The standard InChI is InChI=1S/C28H26F3N3O4S/c1-37-22-12-11-18(15-23(22)38-2)13-14-32-27(33-20-8-6-7-19(16-20)28(29,30)31)39-24-17-25(35)34(26(24)36)21-9-4-3-5-10-21/h3-12,15-16,24H,13-14,17H2,1-2H3,(H,32,33)/t24-/m0/s1. The number of rotatable bonds is 8. The van der Waals surface area contributed by atoms with Crippen molar-refractivity contribution in [2.24, 2.45) is 4.99 Å². The first-order valence-corrected chi connectivity index (χ1v) is 12.9. The molecule has 0 unspecified atom stereocenters. The number of imide groups is 1. The highest BCUT2D eigenvalue weighted by molar-refractivity contribution is 8.15. The first kappa shape index (κ1) is 28.0. The number of nitrogens with zero attached hydrogens (tertiary/aromatic N) is 2. The summed E-state index contributed by atoms with van der Waals surface area (Å²) < 4.78 is 50.4. The van der Waals surface area contributed by atoms with E-state index in [-0.39, 0.29) is 29.7 Å². The summed E-state index contributed by atoms with van der Waals surface area (Å²) in [4.78, 5) is 31.5. The maximum absolute atomic E-state index is 13.3. The lowest BCUT2D eigenvalue weighted by Gasteiger charge is -2.16. The number of hydrogen-bond acceptors (Lipinski definition) is 6. The van der Waals surface area contributed by atoms with Gasteiger partial charge in [0.15, 0.2) is 16.7 Å². The van der Waals surface area contributed by atoms with Crippen LogP contribution in [0, 0.1) is 0 Å². The molecule has 2 amide bonds. The lowest BCUT2D eigenvalue weighted by molar-refractivity contribution is -0.137. The first-order valence-electron chi connectivity index (χ1n) is 12.0. The van der Waals surface area contributed by atoms with Crippen LogP contribution in [0.4, 0.5) is 24.5 Å². The van der Waals surface area contributed by atoms with Crippen molar-refractivity contribution in [3.05, 3.63) is 83.9 Å². The van der Waals surface area contributed by atoms with Gasteiger partial charge >= 0.3 is 6.18 Å². The molecule has 0 aliphatic carbocycles. The smallest absolute Gasteiger partial charge is 0.416 e. The fourth-order valence-electron chi connectivity index (χ4n) is 4.00. The molecule has 1 aliphatic rings. The number of methoxy groups -OCH3 is 2. The van der Waals surface area contributed by atoms with Crippen LogP contribution in [0.1, 0.15) is 17.5 Å². The summed E-state index contributed by atoms with van der Waals surface area (Å²) in [5.41, 5.74) is 0.721. The molecular formula is C28H26F3N3O4S. The number of alkyl halides is 3. The Bertz CT molecular complexity index is 1370. The largest absolute Gasteiger partial charge is 0.493 e. The number of halogens is 3. The Morgan fingerprint density at radius 1 is 1.00 bits per heavy atom. The lowest BCUT2D eigenvalue weighted by atomic mass is 10.1. The van der Waals surface area contributed by atoms with E-state index in [2.05, 4.69) is 10.3 Å². The second-order valence-electron chi connectivity index (χ2n) is 8.54. The van der Waals surface area contributed by atoms with Gasteiger partial charge in [0.25, 0.3) is 0 Å². The predicted octanol–water partition coefficient (Wildman–Crippen LogP) is 5.80. The summed E-state index contributed by atoms with van der Waals surface area (Å²) in [5.74, 6) is 0.383. The molecular weight excluding hydrogens is 531 g/mol. The Balaban J connectivity index is 1.55. The summed E-state index contributed by atoms with van der Waals surface area (Å²) in [6.07, 6.45) is -4.08. The fourth-order valence-corrected chi connectivity index (χ4v) is 5.05. The van der Waals surface area contributed by atoms with E-state index in [4.69, 9.17) is 9.47 Å². The number of amides is 2. The second-order valence-corrected chi connectivity index (χ2v) is 9.73. The van der Waals surface area contributed by atoms with Crippen LogP contribution < -0.4 is 19.7 Å². The number of para-hydroxylation sites is 1. The van der Waals surface area contributed by atoms with Crippen molar-refractivity contribution in [1.29, 1.82) is 0 Å². The number of thioether (sulfide) groups is 1. The van der Waals surface area contributed by atoms with Gasteiger partial charge in [-0.05, 0) is 54.4 Å². The van der Waals surface area contributed by atoms with Crippen molar-refractivity contribution < 1.29 is 32.2 Å². The molecule has 0 saturated carbocycles. The van der Waals surface area contributed by atoms with E-state index in [0.717, 1.165) is 34.4 Å². The van der Waals surface area contributed by atoms with Gasteiger partial charge in [-0.25, -0.2) is 4.90 Å². The van der Waals surface area contributed by atoms with E-state index in [1.165, 1.54) is 19.2 Å². The molecule has 1 aliphatic heterocycles. The van der Waals surface area contributed by atoms with Gasteiger partial charge in [-0.15, -0.1) is 0 Å². The van der Waals surface area contributed by atoms with Crippen molar-refractivity contribution in [1.82, 2.24) is 0 Å². The van der Waals surface area contributed by atoms with Gasteiger partial charge in [0, 0.05) is 18.7 Å². The van der Waals surface area contributed by atoms with E-state index in [9.17, 15) is 22.8 Å². The zero-order valence-corrected chi connectivity index (χ0v) is 22.0. The van der Waals surface area contributed by atoms with Gasteiger partial charge in [-0.2, -0.15) is 13.2 Å². The normalized spacial score (nSPS) is 16.0. The van der Waals surface area contributed by atoms with Gasteiger partial charge in [0.05, 0.1) is 25.5 Å². The molecule has 7 nitrogen and oxygen atoms in total. The van der Waals surface area contributed by atoms with Gasteiger partial charge in [-0.3, -0.25) is 14.6 Å². The van der Waals surface area contributed by atoms with Gasteiger partial charge in [0.2, 0.25) is 11.8 Å².